The standard InChI is InChI=1S/C27H40FN5O2/c1-3-31(2)27(35)20-9-7-19(16-23(20)28)33-13-11-32(12-14-33)17-18-6-8-21-24(15-18)30-26(34)22-5-4-10-29-25(21)22/h7,9,16,18,21-22,24-25,29H,3-6,8,10-15,17H2,1-2H3,(H,30,34). The van der Waals surface area contributed by atoms with Crippen molar-refractivity contribution in [3.63, 3.8) is 0 Å². The van der Waals surface area contributed by atoms with Crippen molar-refractivity contribution in [2.45, 2.75) is 51.1 Å². The molecule has 1 aliphatic carbocycles. The number of piperidine rings is 2. The summed E-state index contributed by atoms with van der Waals surface area (Å²) < 4.78 is 14.7. The molecular formula is C27H40FN5O2. The van der Waals surface area contributed by atoms with Gasteiger partial charge in [-0.1, -0.05) is 0 Å². The highest BCUT2D eigenvalue weighted by atomic mass is 19.1. The molecule has 0 spiro atoms. The molecule has 3 aliphatic heterocycles. The van der Waals surface area contributed by atoms with Gasteiger partial charge in [0.05, 0.1) is 11.5 Å². The lowest BCUT2D eigenvalue weighted by atomic mass is 9.67. The van der Waals surface area contributed by atoms with E-state index in [1.54, 1.807) is 13.1 Å². The first-order chi connectivity index (χ1) is 16.9. The molecule has 0 bridgehead atoms. The summed E-state index contributed by atoms with van der Waals surface area (Å²) in [5.74, 6) is 0.893. The quantitative estimate of drug-likeness (QED) is 0.670. The Kier molecular flexibility index (Phi) is 7.30. The first-order valence-electron chi connectivity index (χ1n) is 13.5. The van der Waals surface area contributed by atoms with Gasteiger partial charge in [0.15, 0.2) is 0 Å². The van der Waals surface area contributed by atoms with Crippen molar-refractivity contribution in [2.75, 3.05) is 57.8 Å². The number of nitrogens with zero attached hydrogens (tertiary/aromatic N) is 3. The van der Waals surface area contributed by atoms with Gasteiger partial charge in [-0.3, -0.25) is 14.5 Å². The molecule has 5 rings (SSSR count). The fraction of sp³-hybridized carbons (Fsp3) is 0.704. The zero-order valence-electron chi connectivity index (χ0n) is 21.1. The molecule has 0 radical (unpaired) electrons. The fourth-order valence-corrected chi connectivity index (χ4v) is 6.77. The number of carbonyl (C=O) groups excluding carboxylic acids is 2. The molecule has 0 aromatic heterocycles. The van der Waals surface area contributed by atoms with E-state index in [4.69, 9.17) is 0 Å². The summed E-state index contributed by atoms with van der Waals surface area (Å²) >= 11 is 0. The van der Waals surface area contributed by atoms with E-state index < -0.39 is 5.82 Å². The summed E-state index contributed by atoms with van der Waals surface area (Å²) in [6, 6.07) is 5.68. The van der Waals surface area contributed by atoms with Crippen LogP contribution in [0.4, 0.5) is 10.1 Å². The van der Waals surface area contributed by atoms with Crippen LogP contribution in [0.5, 0.6) is 0 Å². The van der Waals surface area contributed by atoms with Crippen LogP contribution in [0.2, 0.25) is 0 Å². The maximum Gasteiger partial charge on any atom is 0.256 e. The van der Waals surface area contributed by atoms with Gasteiger partial charge in [0.2, 0.25) is 5.91 Å². The highest BCUT2D eigenvalue weighted by Gasteiger charge is 2.47. The van der Waals surface area contributed by atoms with Crippen molar-refractivity contribution in [3.05, 3.63) is 29.6 Å². The number of fused-ring (bicyclic) bond motifs is 3. The Labute approximate surface area is 208 Å². The minimum atomic E-state index is -0.448. The molecular weight excluding hydrogens is 445 g/mol. The van der Waals surface area contributed by atoms with Crippen LogP contribution in [0.1, 0.15) is 49.4 Å². The van der Waals surface area contributed by atoms with Gasteiger partial charge in [-0.2, -0.15) is 0 Å². The van der Waals surface area contributed by atoms with Crippen molar-refractivity contribution in [1.29, 1.82) is 0 Å². The number of carbonyl (C=O) groups is 2. The fourth-order valence-electron chi connectivity index (χ4n) is 6.77. The molecule has 2 amide bonds. The van der Waals surface area contributed by atoms with Crippen LogP contribution >= 0.6 is 0 Å². The molecule has 192 valence electrons. The van der Waals surface area contributed by atoms with Crippen LogP contribution in [-0.4, -0.2) is 86.6 Å². The second-order valence-corrected chi connectivity index (χ2v) is 11.0. The van der Waals surface area contributed by atoms with Crippen LogP contribution in [0.15, 0.2) is 18.2 Å². The molecule has 5 atom stereocenters. The Balaban J connectivity index is 1.12. The lowest BCUT2D eigenvalue weighted by molar-refractivity contribution is -0.133. The van der Waals surface area contributed by atoms with E-state index in [0.29, 0.717) is 30.5 Å². The van der Waals surface area contributed by atoms with Crippen LogP contribution in [-0.2, 0) is 4.79 Å². The molecule has 1 aromatic carbocycles. The highest BCUT2D eigenvalue weighted by molar-refractivity contribution is 5.94. The van der Waals surface area contributed by atoms with Gasteiger partial charge in [-0.15, -0.1) is 0 Å². The number of nitrogens with one attached hydrogen (secondary N) is 2. The third kappa shape index (κ3) is 5.05. The van der Waals surface area contributed by atoms with Gasteiger partial charge in [-0.05, 0) is 75.6 Å². The van der Waals surface area contributed by atoms with Gasteiger partial charge in [0, 0.05) is 64.1 Å². The largest absolute Gasteiger partial charge is 0.369 e. The van der Waals surface area contributed by atoms with Crippen LogP contribution in [0.3, 0.4) is 0 Å². The molecule has 3 saturated heterocycles. The molecule has 5 unspecified atom stereocenters. The molecule has 1 saturated carbocycles. The van der Waals surface area contributed by atoms with Crippen molar-refractivity contribution >= 4 is 17.5 Å². The van der Waals surface area contributed by atoms with E-state index in [9.17, 15) is 14.0 Å². The summed E-state index contributed by atoms with van der Waals surface area (Å²) in [4.78, 5) is 31.3. The minimum absolute atomic E-state index is 0.136. The monoisotopic (exact) mass is 485 g/mol. The molecule has 35 heavy (non-hydrogen) atoms. The van der Waals surface area contributed by atoms with Gasteiger partial charge < -0.3 is 20.4 Å². The number of anilines is 1. The van der Waals surface area contributed by atoms with Crippen LogP contribution in [0.25, 0.3) is 0 Å². The molecule has 2 N–H and O–H groups in total. The average molecular weight is 486 g/mol. The molecule has 8 heteroatoms. The third-order valence-electron chi connectivity index (χ3n) is 8.90. The normalized spacial score (nSPS) is 31.3. The van der Waals surface area contributed by atoms with Crippen LogP contribution < -0.4 is 15.5 Å². The van der Waals surface area contributed by atoms with E-state index in [1.165, 1.54) is 23.8 Å². The number of amides is 2. The Morgan fingerprint density at radius 3 is 2.71 bits per heavy atom. The summed E-state index contributed by atoms with van der Waals surface area (Å²) in [5.41, 5.74) is 0.981. The van der Waals surface area contributed by atoms with E-state index >= 15 is 0 Å². The van der Waals surface area contributed by atoms with Crippen molar-refractivity contribution in [1.82, 2.24) is 20.4 Å². The van der Waals surface area contributed by atoms with Crippen molar-refractivity contribution in [2.24, 2.45) is 17.8 Å². The number of halogens is 1. The topological polar surface area (TPSA) is 67.9 Å². The first-order valence-corrected chi connectivity index (χ1v) is 13.5. The zero-order valence-corrected chi connectivity index (χ0v) is 21.1. The average Bonchev–Trinajstić information content (AvgIpc) is 2.88. The molecule has 1 aromatic rings. The molecule has 7 nitrogen and oxygen atoms in total. The number of piperazine rings is 1. The van der Waals surface area contributed by atoms with Crippen molar-refractivity contribution < 1.29 is 14.0 Å². The van der Waals surface area contributed by atoms with E-state index in [1.807, 2.05) is 13.0 Å². The lowest BCUT2D eigenvalue weighted by Crippen LogP contribution is -2.64. The van der Waals surface area contributed by atoms with Crippen molar-refractivity contribution in [3.8, 4) is 0 Å². The first kappa shape index (κ1) is 24.5. The summed E-state index contributed by atoms with van der Waals surface area (Å²) in [7, 11) is 1.69. The van der Waals surface area contributed by atoms with Gasteiger partial charge in [-0.25, -0.2) is 4.39 Å². The number of hydrogen-bond donors (Lipinski definition) is 2. The Morgan fingerprint density at radius 2 is 1.97 bits per heavy atom. The maximum atomic E-state index is 14.7. The predicted octanol–water partition coefficient (Wildman–Crippen LogP) is 2.32. The molecule has 3 heterocycles. The Morgan fingerprint density at radius 1 is 1.17 bits per heavy atom. The number of rotatable bonds is 5. The van der Waals surface area contributed by atoms with Crippen LogP contribution in [0, 0.1) is 23.6 Å². The minimum Gasteiger partial charge on any atom is -0.369 e. The summed E-state index contributed by atoms with van der Waals surface area (Å²) in [6.45, 7) is 8.14. The zero-order chi connectivity index (χ0) is 24.5. The number of hydrogen-bond acceptors (Lipinski definition) is 5. The highest BCUT2D eigenvalue weighted by Crippen LogP contribution is 2.39. The Hall–Kier alpha value is -2.19. The van der Waals surface area contributed by atoms with E-state index in [-0.39, 0.29) is 23.3 Å². The van der Waals surface area contributed by atoms with E-state index in [0.717, 1.165) is 64.2 Å². The second kappa shape index (κ2) is 10.4. The SMILES string of the molecule is CCN(C)C(=O)c1ccc(N2CCN(CC3CCC4C(C3)NC(=O)C3CCCNC34)CC2)cc1F. The second-order valence-electron chi connectivity index (χ2n) is 11.0. The smallest absolute Gasteiger partial charge is 0.256 e. The molecule has 4 fully saturated rings. The van der Waals surface area contributed by atoms with Gasteiger partial charge >= 0.3 is 0 Å². The van der Waals surface area contributed by atoms with Gasteiger partial charge in [0.25, 0.3) is 5.91 Å². The summed E-state index contributed by atoms with van der Waals surface area (Å²) in [6.07, 6.45) is 5.63. The Bertz CT molecular complexity index is 934. The lowest BCUT2D eigenvalue weighted by Gasteiger charge is -2.50. The van der Waals surface area contributed by atoms with Gasteiger partial charge in [0.1, 0.15) is 5.82 Å². The summed E-state index contributed by atoms with van der Waals surface area (Å²) in [5, 5.41) is 7.04. The maximum absolute atomic E-state index is 14.7. The predicted molar refractivity (Wildman–Crippen MR) is 135 cm³/mol. The number of benzene rings is 1. The molecule has 4 aliphatic rings. The van der Waals surface area contributed by atoms with E-state index in [2.05, 4.69) is 20.4 Å². The third-order valence-corrected chi connectivity index (χ3v) is 8.90.